The van der Waals surface area contributed by atoms with E-state index in [1.165, 1.54) is 26.2 Å². The number of sulfonamides is 1. The molecular weight excluding hydrogens is 428 g/mol. The average Bonchev–Trinajstić information content (AvgIpc) is 3.29. The van der Waals surface area contributed by atoms with Crippen LogP contribution in [-0.4, -0.2) is 42.5 Å². The van der Waals surface area contributed by atoms with Gasteiger partial charge >= 0.3 is 5.97 Å². The Balaban J connectivity index is 1.66. The monoisotopic (exact) mass is 450 g/mol. The van der Waals surface area contributed by atoms with Crippen molar-refractivity contribution in [2.24, 2.45) is 0 Å². The molecule has 0 aliphatic heterocycles. The number of aromatic amines is 1. The SMILES string of the molecule is COC(=O)[C@H](C)N(c1ccccc1)S(=O)(=O)c1ccc(Cc2nccc3[nH]cnc23)cc1. The van der Waals surface area contributed by atoms with Gasteiger partial charge in [-0.15, -0.1) is 0 Å². The molecule has 9 heteroatoms. The maximum Gasteiger partial charge on any atom is 0.329 e. The summed E-state index contributed by atoms with van der Waals surface area (Å²) in [5, 5.41) is 0. The van der Waals surface area contributed by atoms with Crippen LogP contribution in [0.3, 0.4) is 0 Å². The first-order valence-corrected chi connectivity index (χ1v) is 11.4. The molecule has 0 spiro atoms. The lowest BCUT2D eigenvalue weighted by molar-refractivity contribution is -0.141. The number of anilines is 1. The molecule has 32 heavy (non-hydrogen) atoms. The Morgan fingerprint density at radius 3 is 2.47 bits per heavy atom. The van der Waals surface area contributed by atoms with Gasteiger partial charge in [0.1, 0.15) is 11.6 Å². The number of H-pyrrole nitrogens is 1. The van der Waals surface area contributed by atoms with E-state index in [1.807, 2.05) is 6.07 Å². The highest BCUT2D eigenvalue weighted by molar-refractivity contribution is 7.92. The fraction of sp³-hybridized carbons (Fsp3) is 0.174. The lowest BCUT2D eigenvalue weighted by Crippen LogP contribution is -2.44. The smallest absolute Gasteiger partial charge is 0.329 e. The minimum atomic E-state index is -4.02. The molecule has 8 nitrogen and oxygen atoms in total. The van der Waals surface area contributed by atoms with Gasteiger partial charge in [0.25, 0.3) is 10.0 Å². The Kier molecular flexibility index (Phi) is 5.91. The fourth-order valence-electron chi connectivity index (χ4n) is 3.55. The van der Waals surface area contributed by atoms with Crippen LogP contribution in [0.15, 0.2) is 78.1 Å². The van der Waals surface area contributed by atoms with E-state index in [9.17, 15) is 13.2 Å². The zero-order chi connectivity index (χ0) is 22.7. The first kappa shape index (κ1) is 21.5. The number of hydrogen-bond donors (Lipinski definition) is 1. The van der Waals surface area contributed by atoms with Crippen LogP contribution in [0.25, 0.3) is 11.0 Å². The molecule has 164 valence electrons. The zero-order valence-electron chi connectivity index (χ0n) is 17.6. The molecule has 2 aromatic heterocycles. The molecular formula is C23H22N4O4S. The van der Waals surface area contributed by atoms with Gasteiger partial charge in [0, 0.05) is 12.6 Å². The van der Waals surface area contributed by atoms with Crippen molar-refractivity contribution in [1.29, 1.82) is 0 Å². The normalized spacial score (nSPS) is 12.4. The predicted octanol–water partition coefficient (Wildman–Crippen LogP) is 3.31. The number of carbonyl (C=O) groups is 1. The van der Waals surface area contributed by atoms with Crippen LogP contribution in [0.1, 0.15) is 18.2 Å². The number of imidazole rings is 1. The average molecular weight is 451 g/mol. The zero-order valence-corrected chi connectivity index (χ0v) is 18.4. The highest BCUT2D eigenvalue weighted by Crippen LogP contribution is 2.27. The highest BCUT2D eigenvalue weighted by Gasteiger charge is 2.33. The number of aromatic nitrogens is 3. The van der Waals surface area contributed by atoms with Crippen LogP contribution in [0, 0.1) is 0 Å². The number of pyridine rings is 1. The van der Waals surface area contributed by atoms with Gasteiger partial charge in [-0.25, -0.2) is 18.2 Å². The number of para-hydroxylation sites is 1. The van der Waals surface area contributed by atoms with Gasteiger partial charge in [-0.2, -0.15) is 0 Å². The van der Waals surface area contributed by atoms with Crippen LogP contribution in [-0.2, 0) is 26.0 Å². The van der Waals surface area contributed by atoms with Crippen LogP contribution in [0.5, 0.6) is 0 Å². The van der Waals surface area contributed by atoms with Crippen molar-refractivity contribution >= 4 is 32.7 Å². The summed E-state index contributed by atoms with van der Waals surface area (Å²) in [7, 11) is -2.79. The van der Waals surface area contributed by atoms with Gasteiger partial charge in [-0.1, -0.05) is 30.3 Å². The van der Waals surface area contributed by atoms with E-state index in [4.69, 9.17) is 4.74 Å². The molecule has 2 aromatic carbocycles. The topological polar surface area (TPSA) is 105 Å². The van der Waals surface area contributed by atoms with Crippen molar-refractivity contribution in [2.75, 3.05) is 11.4 Å². The number of esters is 1. The number of benzene rings is 2. The third-order valence-corrected chi connectivity index (χ3v) is 7.08. The van der Waals surface area contributed by atoms with Gasteiger partial charge in [0.05, 0.1) is 35.2 Å². The largest absolute Gasteiger partial charge is 0.467 e. The second-order valence-corrected chi connectivity index (χ2v) is 9.03. The number of rotatable bonds is 7. The van der Waals surface area contributed by atoms with E-state index in [2.05, 4.69) is 15.0 Å². The van der Waals surface area contributed by atoms with E-state index in [-0.39, 0.29) is 4.90 Å². The second kappa shape index (κ2) is 8.80. The van der Waals surface area contributed by atoms with Crippen LogP contribution >= 0.6 is 0 Å². The molecule has 0 amide bonds. The summed E-state index contributed by atoms with van der Waals surface area (Å²) in [6, 6.07) is 15.9. The number of ether oxygens (including phenoxy) is 1. The molecule has 1 atom stereocenters. The van der Waals surface area contributed by atoms with Crippen molar-refractivity contribution in [2.45, 2.75) is 24.3 Å². The Bertz CT molecular complexity index is 1340. The quantitative estimate of drug-likeness (QED) is 0.433. The molecule has 4 aromatic rings. The summed E-state index contributed by atoms with van der Waals surface area (Å²) in [6.45, 7) is 1.50. The summed E-state index contributed by atoms with van der Waals surface area (Å²) in [5.74, 6) is -0.646. The van der Waals surface area contributed by atoms with Gasteiger partial charge in [0.15, 0.2) is 0 Å². The van der Waals surface area contributed by atoms with Gasteiger partial charge in [-0.05, 0) is 42.8 Å². The Morgan fingerprint density at radius 1 is 1.06 bits per heavy atom. The molecule has 0 saturated carbocycles. The highest BCUT2D eigenvalue weighted by atomic mass is 32.2. The third-order valence-electron chi connectivity index (χ3n) is 5.17. The summed E-state index contributed by atoms with van der Waals surface area (Å²) in [6.07, 6.45) is 3.83. The molecule has 0 unspecified atom stereocenters. The number of hydrogen-bond acceptors (Lipinski definition) is 6. The lowest BCUT2D eigenvalue weighted by Gasteiger charge is -2.28. The van der Waals surface area contributed by atoms with E-state index >= 15 is 0 Å². The minimum absolute atomic E-state index is 0.0757. The number of nitrogens with one attached hydrogen (secondary N) is 1. The van der Waals surface area contributed by atoms with Crippen molar-refractivity contribution in [1.82, 2.24) is 15.0 Å². The second-order valence-electron chi connectivity index (χ2n) is 7.21. The first-order valence-electron chi connectivity index (χ1n) is 9.95. The minimum Gasteiger partial charge on any atom is -0.467 e. The number of nitrogens with zero attached hydrogens (tertiary/aromatic N) is 3. The maximum atomic E-state index is 13.5. The van der Waals surface area contributed by atoms with Crippen molar-refractivity contribution in [3.05, 3.63) is 84.4 Å². The van der Waals surface area contributed by atoms with Gasteiger partial charge < -0.3 is 9.72 Å². The van der Waals surface area contributed by atoms with E-state index < -0.39 is 22.0 Å². The third kappa shape index (κ3) is 4.06. The number of fused-ring (bicyclic) bond motifs is 1. The summed E-state index contributed by atoms with van der Waals surface area (Å²) in [5.41, 5.74) is 3.74. The maximum absolute atomic E-state index is 13.5. The van der Waals surface area contributed by atoms with Crippen molar-refractivity contribution in [3.63, 3.8) is 0 Å². The molecule has 0 fully saturated rings. The number of methoxy groups -OCH3 is 1. The molecule has 0 aliphatic carbocycles. The first-order chi connectivity index (χ1) is 15.4. The summed E-state index contributed by atoms with van der Waals surface area (Å²) >= 11 is 0. The van der Waals surface area contributed by atoms with Crippen molar-refractivity contribution in [3.8, 4) is 0 Å². The van der Waals surface area contributed by atoms with Gasteiger partial charge in [-0.3, -0.25) is 9.29 Å². The van der Waals surface area contributed by atoms with E-state index in [0.29, 0.717) is 12.1 Å². The fourth-order valence-corrected chi connectivity index (χ4v) is 5.16. The van der Waals surface area contributed by atoms with Crippen LogP contribution in [0.2, 0.25) is 0 Å². The lowest BCUT2D eigenvalue weighted by atomic mass is 10.1. The molecule has 0 aliphatic rings. The standard InChI is InChI=1S/C23H22N4O4S/c1-16(23(28)31-2)27(18-6-4-3-5-7-18)32(29,30)19-10-8-17(9-11-19)14-21-22-20(12-13-24-21)25-15-26-22/h3-13,15-16H,14H2,1-2H3,(H,25,26)/t16-/m0/s1. The Hall–Kier alpha value is -3.72. The molecule has 2 heterocycles. The van der Waals surface area contributed by atoms with Crippen LogP contribution in [0.4, 0.5) is 5.69 Å². The molecule has 0 saturated heterocycles. The molecule has 1 N–H and O–H groups in total. The molecule has 4 rings (SSSR count). The molecule has 0 bridgehead atoms. The summed E-state index contributed by atoms with van der Waals surface area (Å²) in [4.78, 5) is 24.0. The van der Waals surface area contributed by atoms with E-state index in [0.717, 1.165) is 26.6 Å². The summed E-state index contributed by atoms with van der Waals surface area (Å²) < 4.78 is 32.9. The molecule has 0 radical (unpaired) electrons. The van der Waals surface area contributed by atoms with Gasteiger partial charge in [0.2, 0.25) is 0 Å². The van der Waals surface area contributed by atoms with E-state index in [1.54, 1.807) is 55.0 Å². The van der Waals surface area contributed by atoms with Crippen molar-refractivity contribution < 1.29 is 17.9 Å². The Labute approximate surface area is 185 Å². The Morgan fingerprint density at radius 2 is 1.78 bits per heavy atom. The number of carbonyl (C=O) groups excluding carboxylic acids is 1. The van der Waals surface area contributed by atoms with Crippen LogP contribution < -0.4 is 4.31 Å². The predicted molar refractivity (Wildman–Crippen MR) is 121 cm³/mol.